The van der Waals surface area contributed by atoms with E-state index >= 15 is 0 Å². The monoisotopic (exact) mass is 300 g/mol. The quantitative estimate of drug-likeness (QED) is 0.685. The Morgan fingerprint density at radius 1 is 1.26 bits per heavy atom. The largest absolute Gasteiger partial charge is 0.341 e. The minimum absolute atomic E-state index is 0.571. The number of halogens is 1. The molecule has 0 bridgehead atoms. The van der Waals surface area contributed by atoms with E-state index < -0.39 is 5.79 Å². The number of allylic oxidation sites excluding steroid dienone is 1. The zero-order chi connectivity index (χ0) is 13.7. The van der Waals surface area contributed by atoms with E-state index in [4.69, 9.17) is 21.1 Å². The first-order valence-corrected chi connectivity index (χ1v) is 8.20. The summed E-state index contributed by atoms with van der Waals surface area (Å²) in [6.45, 7) is 5.10. The Morgan fingerprint density at radius 2 is 1.89 bits per heavy atom. The zero-order valence-electron chi connectivity index (χ0n) is 11.6. The third kappa shape index (κ3) is 3.05. The van der Waals surface area contributed by atoms with Gasteiger partial charge < -0.3 is 9.47 Å². The van der Waals surface area contributed by atoms with E-state index in [1.807, 2.05) is 31.4 Å². The Labute approximate surface area is 124 Å². The smallest absolute Gasteiger partial charge is 0.242 e. The van der Waals surface area contributed by atoms with Crippen molar-refractivity contribution < 1.29 is 9.47 Å². The number of hydrogen-bond donors (Lipinski definition) is 0. The molecule has 1 aromatic rings. The normalized spacial score (nSPS) is 16.1. The summed E-state index contributed by atoms with van der Waals surface area (Å²) in [5, 5.41) is 2.78. The molecular weight excluding hydrogens is 280 g/mol. The number of ether oxygens (including phenoxy) is 2. The van der Waals surface area contributed by atoms with Crippen LogP contribution in [0.5, 0.6) is 0 Å². The van der Waals surface area contributed by atoms with Crippen LogP contribution in [-0.2, 0) is 15.3 Å². The van der Waals surface area contributed by atoms with Gasteiger partial charge in [-0.05, 0) is 56.6 Å². The Morgan fingerprint density at radius 3 is 2.37 bits per heavy atom. The topological polar surface area (TPSA) is 18.5 Å². The molecule has 0 aliphatic heterocycles. The van der Waals surface area contributed by atoms with Gasteiger partial charge in [0, 0.05) is 13.2 Å². The molecular formula is C15H21ClO2S. The second-order valence-electron chi connectivity index (χ2n) is 4.58. The maximum atomic E-state index is 6.70. The molecule has 1 fully saturated rings. The highest BCUT2D eigenvalue weighted by molar-refractivity contribution is 7.10. The van der Waals surface area contributed by atoms with Gasteiger partial charge in [0.15, 0.2) is 0 Å². The Hall–Kier alpha value is -0.350. The van der Waals surface area contributed by atoms with Gasteiger partial charge in [0.1, 0.15) is 0 Å². The molecule has 106 valence electrons. The SMILES string of the molecule is CCOC(OCC)(C(Cl)=C1CCCC1)c1cccs1. The molecule has 0 atom stereocenters. The standard InChI is InChI=1S/C15H21ClO2S/c1-3-17-15(18-4-2,13-10-7-11-19-13)14(16)12-8-5-6-9-12/h7,10-11H,3-6,8-9H2,1-2H3. The molecule has 0 N–H and O–H groups in total. The van der Waals surface area contributed by atoms with Crippen LogP contribution in [0.2, 0.25) is 0 Å². The van der Waals surface area contributed by atoms with Gasteiger partial charge in [-0.15, -0.1) is 11.3 Å². The highest BCUT2D eigenvalue weighted by Crippen LogP contribution is 2.44. The number of thiophene rings is 1. The summed E-state index contributed by atoms with van der Waals surface area (Å²) in [7, 11) is 0. The summed E-state index contributed by atoms with van der Waals surface area (Å²) >= 11 is 8.32. The Bertz CT molecular complexity index is 411. The fourth-order valence-corrected chi connectivity index (χ4v) is 3.84. The minimum atomic E-state index is -0.890. The van der Waals surface area contributed by atoms with Crippen LogP contribution in [0, 0.1) is 0 Å². The molecule has 2 rings (SSSR count). The van der Waals surface area contributed by atoms with Gasteiger partial charge in [-0.2, -0.15) is 0 Å². The molecule has 1 heterocycles. The molecule has 19 heavy (non-hydrogen) atoms. The first kappa shape index (κ1) is 15.0. The molecule has 1 saturated carbocycles. The molecule has 1 aliphatic carbocycles. The van der Waals surface area contributed by atoms with Gasteiger partial charge in [0.25, 0.3) is 0 Å². The van der Waals surface area contributed by atoms with Crippen molar-refractivity contribution in [1.29, 1.82) is 0 Å². The van der Waals surface area contributed by atoms with E-state index in [2.05, 4.69) is 0 Å². The minimum Gasteiger partial charge on any atom is -0.341 e. The van der Waals surface area contributed by atoms with E-state index in [1.165, 1.54) is 18.4 Å². The van der Waals surface area contributed by atoms with E-state index in [9.17, 15) is 0 Å². The first-order valence-electron chi connectivity index (χ1n) is 6.94. The molecule has 1 aliphatic rings. The van der Waals surface area contributed by atoms with Crippen molar-refractivity contribution >= 4 is 22.9 Å². The van der Waals surface area contributed by atoms with Crippen LogP contribution < -0.4 is 0 Å². The molecule has 0 amide bonds. The van der Waals surface area contributed by atoms with Gasteiger partial charge in [0.2, 0.25) is 5.79 Å². The molecule has 2 nitrogen and oxygen atoms in total. The summed E-state index contributed by atoms with van der Waals surface area (Å²) in [5.74, 6) is -0.890. The van der Waals surface area contributed by atoms with Crippen LogP contribution in [0.1, 0.15) is 44.4 Å². The van der Waals surface area contributed by atoms with Gasteiger partial charge in [-0.3, -0.25) is 0 Å². The van der Waals surface area contributed by atoms with Gasteiger partial charge >= 0.3 is 0 Å². The Balaban J connectivity index is 2.45. The van der Waals surface area contributed by atoms with Crippen LogP contribution in [0.15, 0.2) is 28.1 Å². The van der Waals surface area contributed by atoms with Crippen LogP contribution in [-0.4, -0.2) is 13.2 Å². The lowest BCUT2D eigenvalue weighted by Crippen LogP contribution is -2.34. The van der Waals surface area contributed by atoms with Crippen LogP contribution in [0.3, 0.4) is 0 Å². The predicted molar refractivity (Wildman–Crippen MR) is 80.6 cm³/mol. The molecule has 1 aromatic heterocycles. The average Bonchev–Trinajstić information content (AvgIpc) is 3.10. The predicted octanol–water partition coefficient (Wildman–Crippen LogP) is 5.04. The molecule has 0 radical (unpaired) electrons. The van der Waals surface area contributed by atoms with Gasteiger partial charge in [0.05, 0.1) is 9.91 Å². The molecule has 0 saturated heterocycles. The van der Waals surface area contributed by atoms with Crippen molar-refractivity contribution in [3.63, 3.8) is 0 Å². The maximum Gasteiger partial charge on any atom is 0.242 e. The fraction of sp³-hybridized carbons (Fsp3) is 0.600. The van der Waals surface area contributed by atoms with Crippen molar-refractivity contribution in [3.05, 3.63) is 33.0 Å². The summed E-state index contributed by atoms with van der Waals surface area (Å²) in [5.41, 5.74) is 1.29. The molecule has 0 unspecified atom stereocenters. The lowest BCUT2D eigenvalue weighted by molar-refractivity contribution is -0.209. The van der Waals surface area contributed by atoms with Crippen LogP contribution in [0.4, 0.5) is 0 Å². The molecule has 4 heteroatoms. The van der Waals surface area contributed by atoms with Crippen molar-refractivity contribution in [2.45, 2.75) is 45.3 Å². The summed E-state index contributed by atoms with van der Waals surface area (Å²) in [4.78, 5) is 1.03. The third-order valence-electron chi connectivity index (χ3n) is 3.35. The lowest BCUT2D eigenvalue weighted by Gasteiger charge is -2.33. The van der Waals surface area contributed by atoms with E-state index in [-0.39, 0.29) is 0 Å². The average molecular weight is 301 g/mol. The highest BCUT2D eigenvalue weighted by Gasteiger charge is 2.40. The van der Waals surface area contributed by atoms with Crippen molar-refractivity contribution in [2.24, 2.45) is 0 Å². The van der Waals surface area contributed by atoms with E-state index in [0.717, 1.165) is 22.8 Å². The lowest BCUT2D eigenvalue weighted by atomic mass is 10.1. The van der Waals surface area contributed by atoms with Crippen molar-refractivity contribution in [2.75, 3.05) is 13.2 Å². The maximum absolute atomic E-state index is 6.70. The summed E-state index contributed by atoms with van der Waals surface area (Å²) < 4.78 is 12.0. The van der Waals surface area contributed by atoms with Gasteiger partial charge in [-0.25, -0.2) is 0 Å². The fourth-order valence-electron chi connectivity index (χ4n) is 2.55. The summed E-state index contributed by atoms with van der Waals surface area (Å²) in [6.07, 6.45) is 4.55. The van der Waals surface area contributed by atoms with Crippen molar-refractivity contribution in [1.82, 2.24) is 0 Å². The van der Waals surface area contributed by atoms with E-state index in [1.54, 1.807) is 11.3 Å². The highest BCUT2D eigenvalue weighted by atomic mass is 35.5. The second kappa shape index (κ2) is 6.89. The summed E-state index contributed by atoms with van der Waals surface area (Å²) in [6, 6.07) is 4.05. The number of hydrogen-bond acceptors (Lipinski definition) is 3. The van der Waals surface area contributed by atoms with Crippen LogP contribution in [0.25, 0.3) is 0 Å². The first-order chi connectivity index (χ1) is 9.24. The van der Waals surface area contributed by atoms with Crippen molar-refractivity contribution in [3.8, 4) is 0 Å². The second-order valence-corrected chi connectivity index (χ2v) is 5.91. The Kier molecular flexibility index (Phi) is 5.46. The third-order valence-corrected chi connectivity index (χ3v) is 4.82. The van der Waals surface area contributed by atoms with Gasteiger partial charge in [-0.1, -0.05) is 17.7 Å². The molecule has 0 aromatic carbocycles. The molecule has 0 spiro atoms. The number of rotatable bonds is 6. The van der Waals surface area contributed by atoms with E-state index in [0.29, 0.717) is 13.2 Å². The zero-order valence-corrected chi connectivity index (χ0v) is 13.1. The van der Waals surface area contributed by atoms with Crippen LogP contribution >= 0.6 is 22.9 Å².